The van der Waals surface area contributed by atoms with Crippen LogP contribution in [0.5, 0.6) is 0 Å². The van der Waals surface area contributed by atoms with Gasteiger partial charge in [0.15, 0.2) is 5.65 Å². The molecule has 3 heterocycles. The number of carbonyl (C=O) groups excluding carboxylic acids is 1. The van der Waals surface area contributed by atoms with E-state index in [9.17, 15) is 4.79 Å². The summed E-state index contributed by atoms with van der Waals surface area (Å²) in [5.41, 5.74) is 1.47. The first-order valence-electron chi connectivity index (χ1n) is 8.07. The predicted octanol–water partition coefficient (Wildman–Crippen LogP) is 2.70. The molecule has 0 bridgehead atoms. The van der Waals surface area contributed by atoms with E-state index in [-0.39, 0.29) is 24.2 Å². The number of urea groups is 1. The van der Waals surface area contributed by atoms with Gasteiger partial charge in [-0.1, -0.05) is 0 Å². The number of fused-ring (bicyclic) bond motifs is 1. The zero-order valence-electron chi connectivity index (χ0n) is 13.7. The van der Waals surface area contributed by atoms with Gasteiger partial charge >= 0.3 is 6.03 Å². The van der Waals surface area contributed by atoms with E-state index in [4.69, 9.17) is 4.74 Å². The van der Waals surface area contributed by atoms with E-state index < -0.39 is 0 Å². The molecule has 1 saturated heterocycles. The molecule has 2 unspecified atom stereocenters. The Labute approximate surface area is 135 Å². The van der Waals surface area contributed by atoms with Crippen LogP contribution < -0.4 is 10.6 Å². The molecule has 0 aliphatic carbocycles. The Morgan fingerprint density at radius 1 is 1.39 bits per heavy atom. The molecule has 2 amide bonds. The SMILES string of the molecule is CC(NC(=O)Nc1cnc2c(cnn2C(C)C)c1)C1CCCO1. The fourth-order valence-corrected chi connectivity index (χ4v) is 2.85. The zero-order chi connectivity index (χ0) is 16.4. The number of amides is 2. The van der Waals surface area contributed by atoms with Crippen LogP contribution in [0.2, 0.25) is 0 Å². The quantitative estimate of drug-likeness (QED) is 0.908. The van der Waals surface area contributed by atoms with Crippen LogP contribution in [-0.2, 0) is 4.74 Å². The summed E-state index contributed by atoms with van der Waals surface area (Å²) in [4.78, 5) is 16.5. The lowest BCUT2D eigenvalue weighted by atomic mass is 10.1. The predicted molar refractivity (Wildman–Crippen MR) is 88.5 cm³/mol. The van der Waals surface area contributed by atoms with E-state index in [0.717, 1.165) is 30.5 Å². The summed E-state index contributed by atoms with van der Waals surface area (Å²) >= 11 is 0. The van der Waals surface area contributed by atoms with Crippen molar-refractivity contribution in [2.24, 2.45) is 0 Å². The lowest BCUT2D eigenvalue weighted by Gasteiger charge is -2.20. The van der Waals surface area contributed by atoms with E-state index in [0.29, 0.717) is 5.69 Å². The van der Waals surface area contributed by atoms with Crippen molar-refractivity contribution in [2.45, 2.75) is 51.8 Å². The van der Waals surface area contributed by atoms with Crippen LogP contribution in [-0.4, -0.2) is 39.5 Å². The Bertz CT molecular complexity index is 691. The topological polar surface area (TPSA) is 81.1 Å². The standard InChI is InChI=1S/C16H23N5O2/c1-10(2)21-15-12(8-18-21)7-13(9-17-15)20-16(22)19-11(3)14-5-4-6-23-14/h7-11,14H,4-6H2,1-3H3,(H2,19,20,22). The first-order valence-corrected chi connectivity index (χ1v) is 8.07. The van der Waals surface area contributed by atoms with Gasteiger partial charge in [0.2, 0.25) is 0 Å². The minimum atomic E-state index is -0.245. The second-order valence-corrected chi connectivity index (χ2v) is 6.26. The van der Waals surface area contributed by atoms with Crippen LogP contribution in [0.25, 0.3) is 11.0 Å². The average Bonchev–Trinajstić information content (AvgIpc) is 3.16. The molecule has 7 nitrogen and oxygen atoms in total. The highest BCUT2D eigenvalue weighted by molar-refractivity contribution is 5.91. The van der Waals surface area contributed by atoms with Crippen LogP contribution in [0.3, 0.4) is 0 Å². The maximum Gasteiger partial charge on any atom is 0.319 e. The summed E-state index contributed by atoms with van der Waals surface area (Å²) in [5.74, 6) is 0. The molecular weight excluding hydrogens is 294 g/mol. The molecule has 1 aliphatic heterocycles. The molecule has 124 valence electrons. The van der Waals surface area contributed by atoms with Gasteiger partial charge in [0.05, 0.1) is 30.2 Å². The third-order valence-corrected chi connectivity index (χ3v) is 4.06. The number of hydrogen-bond acceptors (Lipinski definition) is 4. The van der Waals surface area contributed by atoms with E-state index in [1.165, 1.54) is 0 Å². The average molecular weight is 317 g/mol. The van der Waals surface area contributed by atoms with Crippen molar-refractivity contribution in [2.75, 3.05) is 11.9 Å². The third kappa shape index (κ3) is 3.44. The number of hydrogen-bond donors (Lipinski definition) is 2. The monoisotopic (exact) mass is 317 g/mol. The largest absolute Gasteiger partial charge is 0.376 e. The highest BCUT2D eigenvalue weighted by Gasteiger charge is 2.23. The van der Waals surface area contributed by atoms with E-state index in [1.54, 1.807) is 12.4 Å². The van der Waals surface area contributed by atoms with Gasteiger partial charge in [-0.2, -0.15) is 5.10 Å². The highest BCUT2D eigenvalue weighted by Crippen LogP contribution is 2.19. The third-order valence-electron chi connectivity index (χ3n) is 4.06. The Hall–Kier alpha value is -2.15. The number of nitrogens with one attached hydrogen (secondary N) is 2. The summed E-state index contributed by atoms with van der Waals surface area (Å²) in [5, 5.41) is 11.0. The van der Waals surface area contributed by atoms with Crippen molar-refractivity contribution in [3.63, 3.8) is 0 Å². The smallest absolute Gasteiger partial charge is 0.319 e. The number of carbonyl (C=O) groups is 1. The molecule has 7 heteroatoms. The van der Waals surface area contributed by atoms with E-state index in [1.807, 2.05) is 17.7 Å². The fraction of sp³-hybridized carbons (Fsp3) is 0.562. The highest BCUT2D eigenvalue weighted by atomic mass is 16.5. The molecule has 2 aromatic rings. The molecule has 2 atom stereocenters. The molecule has 23 heavy (non-hydrogen) atoms. The molecule has 1 aliphatic rings. The number of pyridine rings is 1. The van der Waals surface area contributed by atoms with E-state index >= 15 is 0 Å². The van der Waals surface area contributed by atoms with Gasteiger partial charge in [-0.3, -0.25) is 0 Å². The number of aromatic nitrogens is 3. The zero-order valence-corrected chi connectivity index (χ0v) is 13.7. The number of ether oxygens (including phenoxy) is 1. The Morgan fingerprint density at radius 3 is 2.91 bits per heavy atom. The van der Waals surface area contributed by atoms with Gasteiger partial charge in [0.25, 0.3) is 0 Å². The summed E-state index contributed by atoms with van der Waals surface area (Å²) in [6.07, 6.45) is 5.56. The number of anilines is 1. The van der Waals surface area contributed by atoms with Crippen molar-refractivity contribution in [1.82, 2.24) is 20.1 Å². The molecule has 0 aromatic carbocycles. The van der Waals surface area contributed by atoms with E-state index in [2.05, 4.69) is 34.6 Å². The number of nitrogens with zero attached hydrogens (tertiary/aromatic N) is 3. The second kappa shape index (κ2) is 6.54. The summed E-state index contributed by atoms with van der Waals surface area (Å²) in [6.45, 7) is 6.85. The van der Waals surface area contributed by atoms with Gasteiger partial charge in [-0.15, -0.1) is 0 Å². The van der Waals surface area contributed by atoms with Crippen molar-refractivity contribution >= 4 is 22.8 Å². The number of rotatable bonds is 4. The maximum absolute atomic E-state index is 12.1. The summed E-state index contributed by atoms with van der Waals surface area (Å²) in [6, 6.07) is 1.86. The molecule has 0 spiro atoms. The normalized spacial score (nSPS) is 19.2. The maximum atomic E-state index is 12.1. The van der Waals surface area contributed by atoms with Crippen LogP contribution in [0.1, 0.15) is 39.7 Å². The second-order valence-electron chi connectivity index (χ2n) is 6.26. The summed E-state index contributed by atoms with van der Waals surface area (Å²) in [7, 11) is 0. The molecule has 0 radical (unpaired) electrons. The lowest BCUT2D eigenvalue weighted by molar-refractivity contribution is 0.0868. The molecule has 0 saturated carbocycles. The van der Waals surface area contributed by atoms with Gasteiger partial charge in [0, 0.05) is 18.0 Å². The Balaban J connectivity index is 1.65. The minimum Gasteiger partial charge on any atom is -0.376 e. The van der Waals surface area contributed by atoms with Crippen LogP contribution in [0, 0.1) is 0 Å². The van der Waals surface area contributed by atoms with Gasteiger partial charge in [-0.05, 0) is 39.7 Å². The molecule has 1 fully saturated rings. The van der Waals surface area contributed by atoms with Gasteiger partial charge in [0.1, 0.15) is 0 Å². The molecule has 2 N–H and O–H groups in total. The first kappa shape index (κ1) is 15.7. The van der Waals surface area contributed by atoms with Crippen LogP contribution in [0.15, 0.2) is 18.5 Å². The van der Waals surface area contributed by atoms with Crippen molar-refractivity contribution in [3.05, 3.63) is 18.5 Å². The molecule has 3 rings (SSSR count). The van der Waals surface area contributed by atoms with Crippen molar-refractivity contribution in [3.8, 4) is 0 Å². The van der Waals surface area contributed by atoms with Crippen molar-refractivity contribution < 1.29 is 9.53 Å². The van der Waals surface area contributed by atoms with Crippen molar-refractivity contribution in [1.29, 1.82) is 0 Å². The summed E-state index contributed by atoms with van der Waals surface area (Å²) < 4.78 is 7.44. The van der Waals surface area contributed by atoms with Crippen LogP contribution in [0.4, 0.5) is 10.5 Å². The molecule has 2 aromatic heterocycles. The lowest BCUT2D eigenvalue weighted by Crippen LogP contribution is -2.42. The fourth-order valence-electron chi connectivity index (χ4n) is 2.85. The first-order chi connectivity index (χ1) is 11.0. The molecular formula is C16H23N5O2. The Morgan fingerprint density at radius 2 is 2.22 bits per heavy atom. The van der Waals surface area contributed by atoms with Gasteiger partial charge < -0.3 is 15.4 Å². The van der Waals surface area contributed by atoms with Crippen LogP contribution >= 0.6 is 0 Å². The van der Waals surface area contributed by atoms with Gasteiger partial charge in [-0.25, -0.2) is 14.5 Å². The minimum absolute atomic E-state index is 0.0159. The Kier molecular flexibility index (Phi) is 4.47.